The third-order valence-corrected chi connectivity index (χ3v) is 23.3. The highest BCUT2D eigenvalue weighted by Gasteiger charge is 2.41. The normalized spacial score (nSPS) is 14.6. The molecule has 0 spiro atoms. The molecule has 1 saturated carbocycles. The molecule has 1 aliphatic carbocycles. The van der Waals surface area contributed by atoms with Gasteiger partial charge in [0.15, 0.2) is 29.5 Å². The number of methoxy groups -OCH3 is 1. The van der Waals surface area contributed by atoms with Gasteiger partial charge in [-0.15, -0.1) is 0 Å². The van der Waals surface area contributed by atoms with Gasteiger partial charge in [0.1, 0.15) is 66.2 Å². The first-order chi connectivity index (χ1) is 54.0. The number of aliphatic hydroxyl groups is 3. The van der Waals surface area contributed by atoms with Crippen molar-refractivity contribution in [3.8, 4) is 6.07 Å². The number of nitrogens with two attached hydrogens (primary N) is 3. The van der Waals surface area contributed by atoms with E-state index in [1.807, 2.05) is 54.5 Å². The first kappa shape index (κ1) is 101. The van der Waals surface area contributed by atoms with E-state index in [9.17, 15) is 95.7 Å². The van der Waals surface area contributed by atoms with Crippen LogP contribution in [0.2, 0.25) is 0 Å². The number of carbonyl (C=O) groups excluding carboxylic acids is 6. The molecule has 37 heteroatoms. The molecule has 1 aliphatic rings. The minimum Gasteiger partial charge on any atom is -0.453 e. The Labute approximate surface area is 671 Å². The number of benzene rings is 4. The Hall–Kier alpha value is -8.22. The van der Waals surface area contributed by atoms with E-state index in [0.717, 1.165) is 55.6 Å². The van der Waals surface area contributed by atoms with Gasteiger partial charge in [0.25, 0.3) is 0 Å². The average molecular weight is 1690 g/mol. The fraction of sp³-hybridized carbons (Fsp3) is 0.603. The molecule has 0 radical (unpaired) electrons. The Morgan fingerprint density at radius 3 is 1.16 bits per heavy atom. The Kier molecular flexibility index (Phi) is 44.9. The lowest BCUT2D eigenvalue weighted by Gasteiger charge is -2.31. The molecule has 0 aromatic heterocycles. The highest BCUT2D eigenvalue weighted by molar-refractivity contribution is 7.92. The lowest BCUT2D eigenvalue weighted by atomic mass is 10.0. The van der Waals surface area contributed by atoms with E-state index in [2.05, 4.69) is 20.7 Å². The molecule has 0 aliphatic heterocycles. The van der Waals surface area contributed by atoms with E-state index in [-0.39, 0.29) is 123 Å². The van der Waals surface area contributed by atoms with Crippen LogP contribution < -0.4 is 33.2 Å². The summed E-state index contributed by atoms with van der Waals surface area (Å²) in [4.78, 5) is 81.2. The Morgan fingerprint density at radius 2 is 0.835 bits per heavy atom. The van der Waals surface area contributed by atoms with Crippen LogP contribution in [0.5, 0.6) is 0 Å². The SMILES string of the molecule is CCCCS(=O)(=O)C[C@@H](NC(=O)OC)C(=O)N(CCC(C)C)C[C@@H](O)[C@@H](N)Cc1cc(F)cc(F)c1.CCCCS(=O)(=O)C[C@@H](NC(=O)OCc1ccccc1)C(=O)N(CCC(C)C)C[C@@H](O)[C@@H](N)Cc1cc(F)cc(F)c1.CCCCS(=O)(=O)C[C@H](NC(=O)OCCC#N)C(=O)N(C[C@@H](O)[C@@H](N)Cc1cc(F)cc(F)c1)C1CC1. The number of alkyl carbamates (subject to hydrolysis) is 3. The molecule has 0 unspecified atom stereocenters. The number of halogens is 6. The second-order valence-electron chi connectivity index (χ2n) is 29.4. The summed E-state index contributed by atoms with van der Waals surface area (Å²) in [5.74, 6) is -8.86. The summed E-state index contributed by atoms with van der Waals surface area (Å²) < 4.78 is 172. The molecule has 28 nitrogen and oxygen atoms in total. The monoisotopic (exact) mass is 1690 g/mol. The maximum absolute atomic E-state index is 13.8. The summed E-state index contributed by atoms with van der Waals surface area (Å²) in [5.41, 5.74) is 19.7. The standard InChI is InChI=1S/C30H43F2N3O6S.C24H34F2N4O6S.C24H39F2N3O6S/c1-4-5-13-42(39,40)20-27(34-30(38)41-19-22-9-7-6-8-10-22)29(37)35(12-11-21(2)3)18-28(36)26(33)16-23-14-24(31)17-25(32)15-23;1-2-3-9-37(34,35)15-21(29-24(33)36-8-4-7-27)23(32)30(19-5-6-19)14-22(31)20(28)12-16-10-17(25)13-18(26)11-16;1-5-6-9-36(33,34)15-21(28-24(32)35-4)23(31)29(8-7-16(2)3)14-22(30)20(27)12-17-10-18(25)13-19(26)11-17/h6-10,14-15,17,21,26-28,36H,4-5,11-13,16,18-20,33H2,1-3H3,(H,34,38);10-11,13,19-22,31H,2-6,8-9,12,14-15,28H2,1H3,(H,29,33);10-11,13,16,20-22,30H,5-9,12,14-15,27H2,1-4H3,(H,28,32)/t26-,27+,28+;20-,21-,22+;20-,21+,22+/m000/s1. The number of ether oxygens (including phenoxy) is 3. The molecule has 0 heterocycles. The molecule has 12 N–H and O–H groups in total. The van der Waals surface area contributed by atoms with Crippen molar-refractivity contribution in [1.82, 2.24) is 30.7 Å². The maximum atomic E-state index is 13.8. The highest BCUT2D eigenvalue weighted by Crippen LogP contribution is 2.29. The van der Waals surface area contributed by atoms with Crippen LogP contribution in [0.3, 0.4) is 0 Å². The predicted molar refractivity (Wildman–Crippen MR) is 421 cm³/mol. The summed E-state index contributed by atoms with van der Waals surface area (Å²) in [5, 5.41) is 47.9. The molecular weight excluding hydrogens is 1580 g/mol. The number of amides is 6. The zero-order valence-corrected chi connectivity index (χ0v) is 69.0. The molecule has 115 heavy (non-hydrogen) atoms. The summed E-state index contributed by atoms with van der Waals surface area (Å²) in [6, 6.07) is 11.9. The fourth-order valence-corrected chi connectivity index (χ4v) is 16.3. The molecule has 646 valence electrons. The van der Waals surface area contributed by atoms with E-state index in [4.69, 9.17) is 31.9 Å². The zero-order chi connectivity index (χ0) is 86.3. The van der Waals surface area contributed by atoms with Crippen LogP contribution in [-0.2, 0) is 84.0 Å². The van der Waals surface area contributed by atoms with Crippen molar-refractivity contribution in [2.24, 2.45) is 29.0 Å². The largest absolute Gasteiger partial charge is 0.453 e. The Morgan fingerprint density at radius 1 is 0.504 bits per heavy atom. The van der Waals surface area contributed by atoms with E-state index < -0.39 is 172 Å². The zero-order valence-electron chi connectivity index (χ0n) is 66.6. The fourth-order valence-electron chi connectivity index (χ4n) is 11.4. The summed E-state index contributed by atoms with van der Waals surface area (Å²) in [7, 11) is -10.0. The number of sulfone groups is 3. The number of unbranched alkanes of at least 4 members (excludes halogenated alkanes) is 3. The number of rotatable bonds is 47. The van der Waals surface area contributed by atoms with Gasteiger partial charge in [-0.3, -0.25) is 14.4 Å². The molecular formula is C78H116F6N10O18S3. The van der Waals surface area contributed by atoms with Gasteiger partial charge < -0.3 is 77.4 Å². The molecule has 5 rings (SSSR count). The van der Waals surface area contributed by atoms with Crippen LogP contribution in [0, 0.1) is 58.1 Å². The molecule has 0 bridgehead atoms. The summed E-state index contributed by atoms with van der Waals surface area (Å²) in [6.45, 7) is 12.4. The summed E-state index contributed by atoms with van der Waals surface area (Å²) >= 11 is 0. The van der Waals surface area contributed by atoms with E-state index in [1.54, 1.807) is 30.3 Å². The Bertz CT molecular complexity index is 4040. The number of nitrogens with one attached hydrogen (secondary N) is 3. The van der Waals surface area contributed by atoms with Crippen molar-refractivity contribution in [3.63, 3.8) is 0 Å². The molecule has 4 aromatic rings. The molecule has 6 amide bonds. The van der Waals surface area contributed by atoms with Gasteiger partial charge in [0, 0.05) is 75.1 Å². The molecule has 1 fully saturated rings. The van der Waals surface area contributed by atoms with Crippen LogP contribution in [-0.4, -0.2) is 233 Å². The van der Waals surface area contributed by atoms with Gasteiger partial charge in [-0.05, 0) is 135 Å². The number of hydrogen-bond donors (Lipinski definition) is 9. The highest BCUT2D eigenvalue weighted by atomic mass is 32.2. The third-order valence-electron chi connectivity index (χ3n) is 18.0. The van der Waals surface area contributed by atoms with Gasteiger partial charge in [0.05, 0.1) is 72.4 Å². The van der Waals surface area contributed by atoms with E-state index in [0.29, 0.717) is 75.8 Å². The first-order valence-electron chi connectivity index (χ1n) is 38.3. The second kappa shape index (κ2) is 51.1. The molecule has 0 saturated heterocycles. The van der Waals surface area contributed by atoms with Crippen molar-refractivity contribution in [3.05, 3.63) is 142 Å². The van der Waals surface area contributed by atoms with Crippen molar-refractivity contribution in [2.75, 3.05) is 81.0 Å². The number of hydrogen-bond acceptors (Lipinski definition) is 22. The minimum atomic E-state index is -3.74. The van der Waals surface area contributed by atoms with Gasteiger partial charge in [-0.1, -0.05) is 98.1 Å². The van der Waals surface area contributed by atoms with Gasteiger partial charge in [-0.25, -0.2) is 66.0 Å². The third kappa shape index (κ3) is 41.0. The average Bonchev–Trinajstić information content (AvgIpc) is 1.26. The van der Waals surface area contributed by atoms with Crippen LogP contribution in [0.1, 0.15) is 141 Å². The Balaban J connectivity index is 0.000000448. The van der Waals surface area contributed by atoms with Crippen molar-refractivity contribution < 1.29 is 110 Å². The van der Waals surface area contributed by atoms with Crippen LogP contribution in [0.15, 0.2) is 84.9 Å². The van der Waals surface area contributed by atoms with E-state index in [1.165, 1.54) is 14.7 Å². The first-order valence-corrected chi connectivity index (χ1v) is 43.8. The van der Waals surface area contributed by atoms with Crippen LogP contribution >= 0.6 is 0 Å². The van der Waals surface area contributed by atoms with E-state index >= 15 is 0 Å². The molecule has 9 atom stereocenters. The maximum Gasteiger partial charge on any atom is 0.408 e. The predicted octanol–water partition coefficient (Wildman–Crippen LogP) is 7.00. The lowest BCUT2D eigenvalue weighted by molar-refractivity contribution is -0.135. The number of nitrogens with zero attached hydrogens (tertiary/aromatic N) is 4. The van der Waals surface area contributed by atoms with Crippen molar-refractivity contribution >= 4 is 65.5 Å². The van der Waals surface area contributed by atoms with Crippen molar-refractivity contribution in [1.29, 1.82) is 5.26 Å². The van der Waals surface area contributed by atoms with Gasteiger partial charge in [-0.2, -0.15) is 5.26 Å². The van der Waals surface area contributed by atoms with Gasteiger partial charge in [0.2, 0.25) is 17.7 Å². The van der Waals surface area contributed by atoms with Crippen LogP contribution in [0.25, 0.3) is 0 Å². The molecule has 4 aromatic carbocycles. The van der Waals surface area contributed by atoms with Crippen LogP contribution in [0.4, 0.5) is 40.7 Å². The quantitative estimate of drug-likeness (QED) is 0.0122. The van der Waals surface area contributed by atoms with Gasteiger partial charge >= 0.3 is 18.3 Å². The lowest BCUT2D eigenvalue weighted by Crippen LogP contribution is -2.55. The topological polar surface area (TPSA) is 441 Å². The minimum absolute atomic E-state index is 0.0582. The second-order valence-corrected chi connectivity index (χ2v) is 36.1. The number of aliphatic hydroxyl groups excluding tert-OH is 3. The smallest absolute Gasteiger partial charge is 0.408 e. The summed E-state index contributed by atoms with van der Waals surface area (Å²) in [6.07, 6.45) is -1.76. The van der Waals surface area contributed by atoms with Crippen molar-refractivity contribution in [2.45, 2.75) is 206 Å². The number of nitriles is 1. The number of carbonyl (C=O) groups is 6.